The van der Waals surface area contributed by atoms with E-state index in [1.54, 1.807) is 0 Å². The maximum Gasteiger partial charge on any atom is 0.268 e. The molecular formula is C23H31N3O2. The fourth-order valence-electron chi connectivity index (χ4n) is 5.17. The molecule has 2 fully saturated rings. The van der Waals surface area contributed by atoms with E-state index in [1.165, 1.54) is 0 Å². The van der Waals surface area contributed by atoms with Crippen molar-refractivity contribution in [2.75, 3.05) is 6.54 Å². The van der Waals surface area contributed by atoms with Gasteiger partial charge in [0.15, 0.2) is 0 Å². The van der Waals surface area contributed by atoms with E-state index in [2.05, 4.69) is 31.1 Å². The van der Waals surface area contributed by atoms with Gasteiger partial charge in [-0.3, -0.25) is 9.59 Å². The molecule has 0 spiro atoms. The smallest absolute Gasteiger partial charge is 0.268 e. The third kappa shape index (κ3) is 2.92. The minimum atomic E-state index is -0.561. The Morgan fingerprint density at radius 3 is 2.50 bits per heavy atom. The van der Waals surface area contributed by atoms with Crippen LogP contribution in [0.2, 0.25) is 0 Å². The SMILES string of the molecule is C[C@@H]1[C@@H]2[C@H](CN1C(=O)[C@@H](NC(=O)c1cc3ccccc3[nH]1)C(C)(C)C)C2(C)C. The largest absolute Gasteiger partial charge is 0.351 e. The zero-order valence-electron chi connectivity index (χ0n) is 17.7. The Kier molecular flexibility index (Phi) is 4.15. The standard InChI is InChI=1S/C23H31N3O2/c1-13-18-15(23(18,5)6)12-26(13)21(28)19(22(2,3)4)25-20(27)17-11-14-9-7-8-10-16(14)24-17/h7-11,13,15,18-19,24H,12H2,1-6H3,(H,25,27)/t13-,15+,18-,19-/m1/s1. The molecule has 0 radical (unpaired) electrons. The van der Waals surface area contributed by atoms with E-state index in [9.17, 15) is 9.59 Å². The van der Waals surface area contributed by atoms with Crippen LogP contribution in [-0.4, -0.2) is 40.3 Å². The number of hydrogen-bond acceptors (Lipinski definition) is 2. The molecule has 2 aromatic rings. The molecule has 4 rings (SSSR count). The molecule has 1 aliphatic carbocycles. The highest BCUT2D eigenvalue weighted by molar-refractivity contribution is 6.00. The van der Waals surface area contributed by atoms with Gasteiger partial charge in [-0.05, 0) is 41.7 Å². The van der Waals surface area contributed by atoms with Crippen molar-refractivity contribution in [1.82, 2.24) is 15.2 Å². The van der Waals surface area contributed by atoms with Crippen LogP contribution < -0.4 is 5.32 Å². The molecule has 2 amide bonds. The minimum absolute atomic E-state index is 0.0347. The van der Waals surface area contributed by atoms with E-state index in [0.717, 1.165) is 17.4 Å². The number of nitrogens with one attached hydrogen (secondary N) is 2. The highest BCUT2D eigenvalue weighted by Crippen LogP contribution is 2.64. The number of piperidine rings is 1. The summed E-state index contributed by atoms with van der Waals surface area (Å²) in [4.78, 5) is 31.5. The first-order valence-corrected chi connectivity index (χ1v) is 10.2. The lowest BCUT2D eigenvalue weighted by atomic mass is 9.85. The monoisotopic (exact) mass is 381 g/mol. The van der Waals surface area contributed by atoms with Crippen molar-refractivity contribution >= 4 is 22.7 Å². The number of para-hydroxylation sites is 1. The van der Waals surface area contributed by atoms with Crippen molar-refractivity contribution in [3.05, 3.63) is 36.0 Å². The van der Waals surface area contributed by atoms with Gasteiger partial charge in [-0.1, -0.05) is 52.8 Å². The third-order valence-electron chi connectivity index (χ3n) is 6.99. The number of likely N-dealkylation sites (tertiary alicyclic amines) is 1. The zero-order valence-corrected chi connectivity index (χ0v) is 17.7. The summed E-state index contributed by atoms with van der Waals surface area (Å²) < 4.78 is 0. The Balaban J connectivity index is 1.54. The number of carbonyl (C=O) groups excluding carboxylic acids is 2. The normalized spacial score (nSPS) is 26.8. The second-order valence-electron chi connectivity index (χ2n) is 10.2. The van der Waals surface area contributed by atoms with Crippen molar-refractivity contribution in [3.63, 3.8) is 0 Å². The first-order chi connectivity index (χ1) is 13.0. The zero-order chi connectivity index (χ0) is 20.4. The van der Waals surface area contributed by atoms with E-state index >= 15 is 0 Å². The number of fused-ring (bicyclic) bond motifs is 2. The molecule has 1 aromatic heterocycles. The second kappa shape index (κ2) is 6.10. The lowest BCUT2D eigenvalue weighted by Gasteiger charge is -2.37. The summed E-state index contributed by atoms with van der Waals surface area (Å²) in [6, 6.07) is 9.29. The molecule has 2 aliphatic rings. The van der Waals surface area contributed by atoms with Gasteiger partial charge in [0.05, 0.1) is 0 Å². The molecular weight excluding hydrogens is 350 g/mol. The van der Waals surface area contributed by atoms with Gasteiger partial charge in [-0.2, -0.15) is 0 Å². The van der Waals surface area contributed by atoms with Crippen LogP contribution in [0.5, 0.6) is 0 Å². The summed E-state index contributed by atoms with van der Waals surface area (Å²) in [5, 5.41) is 4.01. The van der Waals surface area contributed by atoms with Crippen LogP contribution in [0.4, 0.5) is 0 Å². The van der Waals surface area contributed by atoms with Gasteiger partial charge in [-0.15, -0.1) is 0 Å². The molecule has 1 aromatic carbocycles. The average molecular weight is 382 g/mol. The van der Waals surface area contributed by atoms with Gasteiger partial charge in [0, 0.05) is 23.5 Å². The van der Waals surface area contributed by atoms with Gasteiger partial charge < -0.3 is 15.2 Å². The number of H-pyrrole nitrogens is 1. The minimum Gasteiger partial charge on any atom is -0.351 e. The van der Waals surface area contributed by atoms with Gasteiger partial charge >= 0.3 is 0 Å². The van der Waals surface area contributed by atoms with Crippen molar-refractivity contribution in [2.45, 2.75) is 53.6 Å². The summed E-state index contributed by atoms with van der Waals surface area (Å²) in [5.41, 5.74) is 1.37. The van der Waals surface area contributed by atoms with Crippen molar-refractivity contribution in [3.8, 4) is 0 Å². The average Bonchev–Trinajstić information content (AvgIpc) is 2.96. The maximum atomic E-state index is 13.4. The van der Waals surface area contributed by atoms with Gasteiger partial charge in [0.1, 0.15) is 11.7 Å². The van der Waals surface area contributed by atoms with E-state index in [4.69, 9.17) is 0 Å². The van der Waals surface area contributed by atoms with Crippen LogP contribution in [-0.2, 0) is 4.79 Å². The molecule has 5 nitrogen and oxygen atoms in total. The van der Waals surface area contributed by atoms with E-state index in [0.29, 0.717) is 22.9 Å². The summed E-state index contributed by atoms with van der Waals surface area (Å²) in [7, 11) is 0. The van der Waals surface area contributed by atoms with E-state index in [1.807, 2.05) is 56.0 Å². The topological polar surface area (TPSA) is 65.2 Å². The van der Waals surface area contributed by atoms with Crippen LogP contribution in [0, 0.1) is 22.7 Å². The van der Waals surface area contributed by atoms with Crippen LogP contribution in [0.1, 0.15) is 52.0 Å². The number of aromatic amines is 1. The molecule has 5 heteroatoms. The summed E-state index contributed by atoms with van der Waals surface area (Å²) in [6.45, 7) is 13.5. The van der Waals surface area contributed by atoms with Gasteiger partial charge in [0.2, 0.25) is 5.91 Å². The number of nitrogens with zero attached hydrogens (tertiary/aromatic N) is 1. The molecule has 150 valence electrons. The van der Waals surface area contributed by atoms with Crippen molar-refractivity contribution < 1.29 is 9.59 Å². The Labute approximate surface area is 166 Å². The fraction of sp³-hybridized carbons (Fsp3) is 0.565. The number of aromatic nitrogens is 1. The summed E-state index contributed by atoms with van der Waals surface area (Å²) in [6.07, 6.45) is 0. The van der Waals surface area contributed by atoms with Crippen molar-refractivity contribution in [2.24, 2.45) is 22.7 Å². The Morgan fingerprint density at radius 1 is 1.25 bits per heavy atom. The van der Waals surface area contributed by atoms with Crippen LogP contribution in [0.25, 0.3) is 10.9 Å². The number of rotatable bonds is 3. The molecule has 0 unspecified atom stereocenters. The molecule has 28 heavy (non-hydrogen) atoms. The van der Waals surface area contributed by atoms with Gasteiger partial charge in [-0.25, -0.2) is 0 Å². The molecule has 2 heterocycles. The Morgan fingerprint density at radius 2 is 1.93 bits per heavy atom. The summed E-state index contributed by atoms with van der Waals surface area (Å²) >= 11 is 0. The van der Waals surface area contributed by atoms with E-state index < -0.39 is 6.04 Å². The number of benzene rings is 1. The number of amides is 2. The summed E-state index contributed by atoms with van der Waals surface area (Å²) in [5.74, 6) is 0.951. The molecule has 0 bridgehead atoms. The Hall–Kier alpha value is -2.30. The number of hydrogen-bond donors (Lipinski definition) is 2. The predicted octanol–water partition coefficient (Wildman–Crippen LogP) is 3.82. The lowest BCUT2D eigenvalue weighted by molar-refractivity contribution is -0.137. The van der Waals surface area contributed by atoms with Crippen LogP contribution in [0.15, 0.2) is 30.3 Å². The fourth-order valence-corrected chi connectivity index (χ4v) is 5.17. The van der Waals surface area contributed by atoms with Gasteiger partial charge in [0.25, 0.3) is 5.91 Å². The molecule has 1 aliphatic heterocycles. The van der Waals surface area contributed by atoms with Crippen molar-refractivity contribution in [1.29, 1.82) is 0 Å². The lowest BCUT2D eigenvalue weighted by Crippen LogP contribution is -2.56. The maximum absolute atomic E-state index is 13.4. The predicted molar refractivity (Wildman–Crippen MR) is 111 cm³/mol. The van der Waals surface area contributed by atoms with Crippen LogP contribution >= 0.6 is 0 Å². The quantitative estimate of drug-likeness (QED) is 0.849. The first kappa shape index (κ1) is 19.0. The first-order valence-electron chi connectivity index (χ1n) is 10.2. The third-order valence-corrected chi connectivity index (χ3v) is 6.99. The van der Waals surface area contributed by atoms with E-state index in [-0.39, 0.29) is 23.3 Å². The Bertz CT molecular complexity index is 904. The molecule has 1 saturated heterocycles. The molecule has 1 saturated carbocycles. The molecule has 4 atom stereocenters. The second-order valence-corrected chi connectivity index (χ2v) is 10.2. The molecule has 2 N–H and O–H groups in total. The highest BCUT2D eigenvalue weighted by Gasteiger charge is 2.66. The number of carbonyl (C=O) groups is 2. The highest BCUT2D eigenvalue weighted by atomic mass is 16.2. The van der Waals surface area contributed by atoms with Crippen LogP contribution in [0.3, 0.4) is 0 Å².